The van der Waals surface area contributed by atoms with Gasteiger partial charge in [0.2, 0.25) is 0 Å². The molecular formula is C14H17ClF2N2O. The summed E-state index contributed by atoms with van der Waals surface area (Å²) in [5.74, 6) is -1.68. The van der Waals surface area contributed by atoms with Crippen LogP contribution < -0.4 is 5.32 Å². The number of nitrogens with zero attached hydrogens (tertiary/aromatic N) is 1. The molecule has 0 spiro atoms. The van der Waals surface area contributed by atoms with Crippen LogP contribution >= 0.6 is 12.4 Å². The van der Waals surface area contributed by atoms with E-state index in [9.17, 15) is 13.6 Å². The van der Waals surface area contributed by atoms with Gasteiger partial charge in [-0.15, -0.1) is 12.4 Å². The quantitative estimate of drug-likeness (QED) is 0.863. The van der Waals surface area contributed by atoms with Crippen molar-refractivity contribution in [3.63, 3.8) is 0 Å². The highest BCUT2D eigenvalue weighted by Gasteiger charge is 2.35. The van der Waals surface area contributed by atoms with Crippen LogP contribution in [0, 0.1) is 17.6 Å². The highest BCUT2D eigenvalue weighted by Crippen LogP contribution is 2.26. The summed E-state index contributed by atoms with van der Waals surface area (Å²) in [6.07, 6.45) is 1.88. The Balaban J connectivity index is 0.00000147. The van der Waals surface area contributed by atoms with Crippen molar-refractivity contribution in [2.45, 2.75) is 18.9 Å². The number of carbonyl (C=O) groups is 1. The maximum Gasteiger partial charge on any atom is 0.259 e. The summed E-state index contributed by atoms with van der Waals surface area (Å²) < 4.78 is 27.2. The van der Waals surface area contributed by atoms with Gasteiger partial charge < -0.3 is 10.2 Å². The van der Waals surface area contributed by atoms with Crippen molar-refractivity contribution in [1.29, 1.82) is 0 Å². The first-order valence-electron chi connectivity index (χ1n) is 6.63. The van der Waals surface area contributed by atoms with Gasteiger partial charge in [0, 0.05) is 19.1 Å². The number of piperidine rings is 1. The Kier molecular flexibility index (Phi) is 4.60. The molecule has 2 aliphatic heterocycles. The fourth-order valence-corrected chi connectivity index (χ4v) is 3.09. The molecule has 0 radical (unpaired) electrons. The highest BCUT2D eigenvalue weighted by atomic mass is 35.5. The molecule has 6 heteroatoms. The monoisotopic (exact) mass is 302 g/mol. The van der Waals surface area contributed by atoms with Crippen molar-refractivity contribution in [1.82, 2.24) is 10.2 Å². The van der Waals surface area contributed by atoms with E-state index in [0.717, 1.165) is 31.5 Å². The van der Waals surface area contributed by atoms with Crippen molar-refractivity contribution in [3.8, 4) is 0 Å². The van der Waals surface area contributed by atoms with Gasteiger partial charge in [-0.25, -0.2) is 8.78 Å². The molecule has 2 aliphatic rings. The van der Waals surface area contributed by atoms with Crippen LogP contribution in [0.3, 0.4) is 0 Å². The van der Waals surface area contributed by atoms with Gasteiger partial charge in [0.05, 0.1) is 0 Å². The molecule has 3 rings (SSSR count). The number of carbonyl (C=O) groups excluding carboxylic acids is 1. The van der Waals surface area contributed by atoms with E-state index >= 15 is 0 Å². The van der Waals surface area contributed by atoms with E-state index in [1.165, 1.54) is 6.07 Å². The van der Waals surface area contributed by atoms with E-state index in [2.05, 4.69) is 5.32 Å². The van der Waals surface area contributed by atoms with E-state index in [0.29, 0.717) is 25.0 Å². The summed E-state index contributed by atoms with van der Waals surface area (Å²) >= 11 is 0. The van der Waals surface area contributed by atoms with E-state index in [1.807, 2.05) is 0 Å². The molecule has 3 nitrogen and oxygen atoms in total. The van der Waals surface area contributed by atoms with Crippen LogP contribution in [0.5, 0.6) is 0 Å². The predicted octanol–water partition coefficient (Wildman–Crippen LogP) is 2.21. The van der Waals surface area contributed by atoms with Crippen LogP contribution in [0.4, 0.5) is 8.78 Å². The first-order valence-corrected chi connectivity index (χ1v) is 6.63. The Hall–Kier alpha value is -1.20. The van der Waals surface area contributed by atoms with Crippen molar-refractivity contribution in [2.24, 2.45) is 5.92 Å². The van der Waals surface area contributed by atoms with Crippen LogP contribution in [-0.4, -0.2) is 36.5 Å². The Bertz CT molecular complexity index is 492. The molecule has 20 heavy (non-hydrogen) atoms. The van der Waals surface area contributed by atoms with Gasteiger partial charge in [0.15, 0.2) is 0 Å². The average molecular weight is 303 g/mol. The lowest BCUT2D eigenvalue weighted by atomic mass is 9.93. The largest absolute Gasteiger partial charge is 0.338 e. The van der Waals surface area contributed by atoms with Crippen molar-refractivity contribution < 1.29 is 13.6 Å². The first kappa shape index (κ1) is 15.2. The lowest BCUT2D eigenvalue weighted by Gasteiger charge is -2.35. The number of benzene rings is 1. The first-order chi connectivity index (χ1) is 9.16. The highest BCUT2D eigenvalue weighted by molar-refractivity contribution is 5.94. The second-order valence-electron chi connectivity index (χ2n) is 5.25. The minimum Gasteiger partial charge on any atom is -0.338 e. The number of halogens is 3. The number of fused-ring (bicyclic) bond motifs is 1. The summed E-state index contributed by atoms with van der Waals surface area (Å²) in [4.78, 5) is 13.8. The van der Waals surface area contributed by atoms with Crippen LogP contribution in [0.2, 0.25) is 0 Å². The van der Waals surface area contributed by atoms with Crippen LogP contribution in [0.1, 0.15) is 23.2 Å². The fraction of sp³-hybridized carbons (Fsp3) is 0.500. The zero-order valence-corrected chi connectivity index (χ0v) is 11.8. The summed E-state index contributed by atoms with van der Waals surface area (Å²) in [5.41, 5.74) is -0.424. The Morgan fingerprint density at radius 1 is 1.25 bits per heavy atom. The summed E-state index contributed by atoms with van der Waals surface area (Å²) in [5, 5.41) is 3.39. The van der Waals surface area contributed by atoms with Gasteiger partial charge in [-0.3, -0.25) is 4.79 Å². The molecule has 1 aromatic rings. The summed E-state index contributed by atoms with van der Waals surface area (Å²) in [7, 11) is 0. The second kappa shape index (κ2) is 6.06. The van der Waals surface area contributed by atoms with Gasteiger partial charge in [-0.05, 0) is 37.4 Å². The van der Waals surface area contributed by atoms with Gasteiger partial charge in [-0.1, -0.05) is 6.07 Å². The Labute approximate surface area is 122 Å². The zero-order chi connectivity index (χ0) is 13.4. The molecule has 2 saturated heterocycles. The van der Waals surface area contributed by atoms with Gasteiger partial charge >= 0.3 is 0 Å². The summed E-state index contributed by atoms with van der Waals surface area (Å²) in [6, 6.07) is 3.98. The molecule has 1 amide bonds. The molecule has 2 unspecified atom stereocenters. The van der Waals surface area contributed by atoms with Crippen LogP contribution in [0.15, 0.2) is 18.2 Å². The van der Waals surface area contributed by atoms with E-state index in [1.54, 1.807) is 4.90 Å². The number of rotatable bonds is 1. The topological polar surface area (TPSA) is 32.3 Å². The SMILES string of the molecule is Cl.O=C(c1c(F)cccc1F)N1CCC2NCCC2C1. The summed E-state index contributed by atoms with van der Waals surface area (Å²) in [6.45, 7) is 2.11. The maximum atomic E-state index is 13.6. The molecule has 2 heterocycles. The second-order valence-corrected chi connectivity index (χ2v) is 5.25. The molecule has 110 valence electrons. The van der Waals surface area contributed by atoms with Gasteiger partial charge in [0.25, 0.3) is 5.91 Å². The van der Waals surface area contributed by atoms with Gasteiger partial charge in [0.1, 0.15) is 17.2 Å². The zero-order valence-electron chi connectivity index (χ0n) is 10.9. The van der Waals surface area contributed by atoms with Crippen molar-refractivity contribution in [3.05, 3.63) is 35.4 Å². The van der Waals surface area contributed by atoms with Crippen molar-refractivity contribution in [2.75, 3.05) is 19.6 Å². The normalized spacial score (nSPS) is 25.0. The lowest BCUT2D eigenvalue weighted by Crippen LogP contribution is -2.47. The van der Waals surface area contributed by atoms with E-state index < -0.39 is 23.1 Å². The van der Waals surface area contributed by atoms with Crippen LogP contribution in [-0.2, 0) is 0 Å². The molecule has 1 aromatic carbocycles. The van der Waals surface area contributed by atoms with Gasteiger partial charge in [-0.2, -0.15) is 0 Å². The molecule has 0 saturated carbocycles. The lowest BCUT2D eigenvalue weighted by molar-refractivity contribution is 0.0652. The standard InChI is InChI=1S/C14H16F2N2O.ClH/c15-10-2-1-3-11(16)13(10)14(19)18-7-5-12-9(8-18)4-6-17-12;/h1-3,9,12,17H,4-8H2;1H. The number of nitrogens with one attached hydrogen (secondary N) is 1. The number of amides is 1. The average Bonchev–Trinajstić information content (AvgIpc) is 2.85. The number of hydrogen-bond acceptors (Lipinski definition) is 2. The minimum atomic E-state index is -0.781. The third-order valence-electron chi connectivity index (χ3n) is 4.12. The van der Waals surface area contributed by atoms with Crippen LogP contribution in [0.25, 0.3) is 0 Å². The fourth-order valence-electron chi connectivity index (χ4n) is 3.09. The van der Waals surface area contributed by atoms with Crippen molar-refractivity contribution >= 4 is 18.3 Å². The molecule has 2 atom stereocenters. The third kappa shape index (κ3) is 2.65. The molecular weight excluding hydrogens is 286 g/mol. The molecule has 0 aromatic heterocycles. The maximum absolute atomic E-state index is 13.6. The smallest absolute Gasteiger partial charge is 0.259 e. The molecule has 2 fully saturated rings. The molecule has 0 aliphatic carbocycles. The van der Waals surface area contributed by atoms with E-state index in [-0.39, 0.29) is 12.4 Å². The third-order valence-corrected chi connectivity index (χ3v) is 4.12. The molecule has 0 bridgehead atoms. The number of likely N-dealkylation sites (tertiary alicyclic amines) is 1. The predicted molar refractivity (Wildman–Crippen MR) is 74.0 cm³/mol. The van der Waals surface area contributed by atoms with E-state index in [4.69, 9.17) is 0 Å². The molecule has 1 N–H and O–H groups in total. The Morgan fingerprint density at radius 3 is 2.65 bits per heavy atom. The number of hydrogen-bond donors (Lipinski definition) is 1. The minimum absolute atomic E-state index is 0. The Morgan fingerprint density at radius 2 is 1.95 bits per heavy atom.